The summed E-state index contributed by atoms with van der Waals surface area (Å²) < 4.78 is 4.93. The van der Waals surface area contributed by atoms with Crippen molar-refractivity contribution in [3.63, 3.8) is 0 Å². The lowest BCUT2D eigenvalue weighted by Gasteiger charge is -2.17. The van der Waals surface area contributed by atoms with E-state index in [-0.39, 0.29) is 22.4 Å². The predicted molar refractivity (Wildman–Crippen MR) is 73.2 cm³/mol. The lowest BCUT2D eigenvalue weighted by molar-refractivity contribution is -0.116. The fourth-order valence-corrected chi connectivity index (χ4v) is 2.73. The van der Waals surface area contributed by atoms with Gasteiger partial charge in [0, 0.05) is 27.2 Å². The van der Waals surface area contributed by atoms with Crippen molar-refractivity contribution < 1.29 is 19.4 Å². The third kappa shape index (κ3) is 4.15. The van der Waals surface area contributed by atoms with Crippen LogP contribution in [0.25, 0.3) is 0 Å². The third-order valence-corrected chi connectivity index (χ3v) is 3.71. The zero-order chi connectivity index (χ0) is 14.4. The molecule has 0 aliphatic heterocycles. The summed E-state index contributed by atoms with van der Waals surface area (Å²) in [6.07, 6.45) is 0.647. The molecule has 0 aliphatic rings. The number of rotatable bonds is 7. The lowest BCUT2D eigenvalue weighted by atomic mass is 10.4. The van der Waals surface area contributed by atoms with Gasteiger partial charge in [-0.15, -0.1) is 11.6 Å². The summed E-state index contributed by atoms with van der Waals surface area (Å²) in [6.45, 7) is 2.36. The van der Waals surface area contributed by atoms with E-state index in [9.17, 15) is 9.59 Å². The molecular weight excluding hydrogens is 292 g/mol. The first kappa shape index (κ1) is 15.9. The number of anilines is 1. The summed E-state index contributed by atoms with van der Waals surface area (Å²) in [5, 5.41) is 9.39. The Morgan fingerprint density at radius 2 is 2.21 bits per heavy atom. The van der Waals surface area contributed by atoms with Crippen LogP contribution in [0.15, 0.2) is 0 Å². The molecule has 0 unspecified atom stereocenters. The standard InChI is InChI=1S/C11H15ClN2O4S/c1-7(15)14(4-3-5-18-2)11-13-8(6-12)9(19-11)10(16)17/h3-6H2,1-2H3,(H,16,17). The van der Waals surface area contributed by atoms with Crippen LogP contribution in [0.4, 0.5) is 5.13 Å². The molecule has 8 heteroatoms. The maximum Gasteiger partial charge on any atom is 0.347 e. The molecule has 0 atom stereocenters. The third-order valence-electron chi connectivity index (χ3n) is 2.35. The highest BCUT2D eigenvalue weighted by molar-refractivity contribution is 7.17. The number of carbonyl (C=O) groups excluding carboxylic acids is 1. The predicted octanol–water partition coefficient (Wildman–Crippen LogP) is 1.97. The molecule has 0 aliphatic carbocycles. The first-order chi connectivity index (χ1) is 9.01. The number of halogens is 1. The van der Waals surface area contributed by atoms with Crippen LogP contribution < -0.4 is 4.90 Å². The molecule has 106 valence electrons. The summed E-state index contributed by atoms with van der Waals surface area (Å²) in [6, 6.07) is 0. The zero-order valence-electron chi connectivity index (χ0n) is 10.7. The smallest absolute Gasteiger partial charge is 0.347 e. The highest BCUT2D eigenvalue weighted by Crippen LogP contribution is 2.27. The minimum Gasteiger partial charge on any atom is -0.477 e. The molecule has 19 heavy (non-hydrogen) atoms. The van der Waals surface area contributed by atoms with E-state index in [1.54, 1.807) is 7.11 Å². The van der Waals surface area contributed by atoms with Crippen LogP contribution in [0.5, 0.6) is 0 Å². The van der Waals surface area contributed by atoms with Gasteiger partial charge in [0.15, 0.2) is 5.13 Å². The Kier molecular flexibility index (Phi) is 6.20. The van der Waals surface area contributed by atoms with Crippen molar-refractivity contribution in [2.24, 2.45) is 0 Å². The quantitative estimate of drug-likeness (QED) is 0.615. The number of carbonyl (C=O) groups is 2. The molecule has 1 N–H and O–H groups in total. The molecule has 0 radical (unpaired) electrons. The van der Waals surface area contributed by atoms with E-state index in [4.69, 9.17) is 21.4 Å². The Bertz CT molecular complexity index is 464. The molecule has 0 saturated carbocycles. The molecule has 0 fully saturated rings. The van der Waals surface area contributed by atoms with Gasteiger partial charge in [-0.05, 0) is 6.42 Å². The average molecular weight is 307 g/mol. The van der Waals surface area contributed by atoms with Crippen molar-refractivity contribution in [3.05, 3.63) is 10.6 Å². The van der Waals surface area contributed by atoms with Crippen LogP contribution >= 0.6 is 22.9 Å². The van der Waals surface area contributed by atoms with Gasteiger partial charge >= 0.3 is 5.97 Å². The number of carboxylic acid groups (broad SMARTS) is 1. The van der Waals surface area contributed by atoms with Crippen LogP contribution in [0, 0.1) is 0 Å². The van der Waals surface area contributed by atoms with Crippen molar-refractivity contribution in [3.8, 4) is 0 Å². The van der Waals surface area contributed by atoms with Gasteiger partial charge < -0.3 is 9.84 Å². The Balaban J connectivity index is 2.96. The van der Waals surface area contributed by atoms with E-state index < -0.39 is 5.97 Å². The Morgan fingerprint density at radius 3 is 2.63 bits per heavy atom. The van der Waals surface area contributed by atoms with E-state index in [1.165, 1.54) is 11.8 Å². The molecule has 1 heterocycles. The second kappa shape index (κ2) is 7.42. The highest BCUT2D eigenvalue weighted by atomic mass is 35.5. The molecule has 6 nitrogen and oxygen atoms in total. The maximum absolute atomic E-state index is 11.6. The largest absolute Gasteiger partial charge is 0.477 e. The van der Waals surface area contributed by atoms with Crippen molar-refractivity contribution in [2.75, 3.05) is 25.2 Å². The summed E-state index contributed by atoms with van der Waals surface area (Å²) >= 11 is 6.61. The minimum atomic E-state index is -1.08. The minimum absolute atomic E-state index is 0.00193. The SMILES string of the molecule is COCCCN(C(C)=O)c1nc(CCl)c(C(=O)O)s1. The van der Waals surface area contributed by atoms with Gasteiger partial charge in [-0.2, -0.15) is 0 Å². The van der Waals surface area contributed by atoms with Gasteiger partial charge in [0.25, 0.3) is 0 Å². The van der Waals surface area contributed by atoms with E-state index >= 15 is 0 Å². The van der Waals surface area contributed by atoms with Gasteiger partial charge in [-0.25, -0.2) is 9.78 Å². The van der Waals surface area contributed by atoms with E-state index in [2.05, 4.69) is 4.98 Å². The normalized spacial score (nSPS) is 10.5. The first-order valence-electron chi connectivity index (χ1n) is 5.57. The number of hydrogen-bond donors (Lipinski definition) is 1. The molecule has 0 bridgehead atoms. The molecular formula is C11H15ClN2O4S. The number of nitrogens with zero attached hydrogens (tertiary/aromatic N) is 2. The van der Waals surface area contributed by atoms with Crippen molar-refractivity contribution >= 4 is 39.9 Å². The van der Waals surface area contributed by atoms with Gasteiger partial charge in [0.1, 0.15) is 4.88 Å². The molecule has 0 aromatic carbocycles. The van der Waals surface area contributed by atoms with E-state index in [0.717, 1.165) is 11.3 Å². The molecule has 1 aromatic rings. The van der Waals surface area contributed by atoms with Gasteiger partial charge in [0.05, 0.1) is 11.6 Å². The van der Waals surface area contributed by atoms with Gasteiger partial charge in [-0.1, -0.05) is 11.3 Å². The number of methoxy groups -OCH3 is 1. The Morgan fingerprint density at radius 1 is 1.53 bits per heavy atom. The monoisotopic (exact) mass is 306 g/mol. The average Bonchev–Trinajstić information content (AvgIpc) is 2.78. The van der Waals surface area contributed by atoms with Crippen LogP contribution in [-0.4, -0.2) is 42.2 Å². The Labute approximate surface area is 120 Å². The topological polar surface area (TPSA) is 79.7 Å². The van der Waals surface area contributed by atoms with E-state index in [1.807, 2.05) is 0 Å². The molecule has 0 spiro atoms. The lowest BCUT2D eigenvalue weighted by Crippen LogP contribution is -2.30. The maximum atomic E-state index is 11.6. The first-order valence-corrected chi connectivity index (χ1v) is 6.92. The van der Waals surface area contributed by atoms with Gasteiger partial charge in [0.2, 0.25) is 5.91 Å². The number of aromatic nitrogens is 1. The number of ether oxygens (including phenoxy) is 1. The van der Waals surface area contributed by atoms with Crippen molar-refractivity contribution in [1.29, 1.82) is 0 Å². The van der Waals surface area contributed by atoms with Crippen molar-refractivity contribution in [1.82, 2.24) is 4.98 Å². The zero-order valence-corrected chi connectivity index (χ0v) is 12.3. The summed E-state index contributed by atoms with van der Waals surface area (Å²) in [4.78, 5) is 28.3. The number of thiazole rings is 1. The van der Waals surface area contributed by atoms with Crippen LogP contribution in [0.2, 0.25) is 0 Å². The molecule has 1 amide bonds. The van der Waals surface area contributed by atoms with E-state index in [0.29, 0.717) is 24.7 Å². The summed E-state index contributed by atoms with van der Waals surface area (Å²) in [5.74, 6) is -1.27. The molecule has 1 rings (SSSR count). The number of carboxylic acids is 1. The fraction of sp³-hybridized carbons (Fsp3) is 0.545. The number of alkyl halides is 1. The number of amides is 1. The number of aromatic carboxylic acids is 1. The van der Waals surface area contributed by atoms with Crippen molar-refractivity contribution in [2.45, 2.75) is 19.2 Å². The Hall–Kier alpha value is -1.18. The van der Waals surface area contributed by atoms with Crippen LogP contribution in [0.3, 0.4) is 0 Å². The number of hydrogen-bond acceptors (Lipinski definition) is 5. The highest BCUT2D eigenvalue weighted by Gasteiger charge is 2.21. The molecule has 1 aromatic heterocycles. The molecule has 0 saturated heterocycles. The van der Waals surface area contributed by atoms with Gasteiger partial charge in [-0.3, -0.25) is 9.69 Å². The second-order valence-electron chi connectivity index (χ2n) is 3.73. The van der Waals surface area contributed by atoms with Crippen LogP contribution in [0.1, 0.15) is 28.7 Å². The fourth-order valence-electron chi connectivity index (χ4n) is 1.47. The summed E-state index contributed by atoms with van der Waals surface area (Å²) in [5.41, 5.74) is 0.284. The van der Waals surface area contributed by atoms with Crippen LogP contribution in [-0.2, 0) is 15.4 Å². The summed E-state index contributed by atoms with van der Waals surface area (Å²) in [7, 11) is 1.58. The second-order valence-corrected chi connectivity index (χ2v) is 4.97.